The van der Waals surface area contributed by atoms with E-state index in [1.807, 2.05) is 0 Å². The molecule has 1 N–H and O–H groups in total. The molecule has 0 saturated carbocycles. The number of carbonyl (C=O) groups is 1. The molecule has 0 fully saturated rings. The third kappa shape index (κ3) is 3.12. The summed E-state index contributed by atoms with van der Waals surface area (Å²) in [5.41, 5.74) is 1.91. The number of ether oxygens (including phenoxy) is 1. The van der Waals surface area contributed by atoms with Crippen LogP contribution in [0.2, 0.25) is 0 Å². The second-order valence-electron chi connectivity index (χ2n) is 5.15. The van der Waals surface area contributed by atoms with Crippen LogP contribution >= 0.6 is 0 Å². The number of anilines is 1. The first-order chi connectivity index (χ1) is 11.6. The molecule has 3 rings (SSSR count). The van der Waals surface area contributed by atoms with E-state index in [9.17, 15) is 9.18 Å². The zero-order valence-electron chi connectivity index (χ0n) is 13.2. The number of aromatic nitrogens is 1. The molecule has 1 heterocycles. The van der Waals surface area contributed by atoms with Crippen molar-refractivity contribution in [3.05, 3.63) is 65.7 Å². The van der Waals surface area contributed by atoms with Crippen LogP contribution in [-0.2, 0) is 0 Å². The van der Waals surface area contributed by atoms with Crippen LogP contribution < -0.4 is 10.1 Å². The Labute approximate surface area is 138 Å². The lowest BCUT2D eigenvalue weighted by atomic mass is 10.1. The molecule has 0 atom stereocenters. The van der Waals surface area contributed by atoms with Crippen molar-refractivity contribution >= 4 is 11.6 Å². The third-order valence-corrected chi connectivity index (χ3v) is 3.56. The molecule has 5 nitrogen and oxygen atoms in total. The van der Waals surface area contributed by atoms with Crippen molar-refractivity contribution in [3.8, 4) is 17.0 Å². The van der Waals surface area contributed by atoms with Crippen LogP contribution in [0.25, 0.3) is 11.3 Å². The Balaban J connectivity index is 1.89. The highest BCUT2D eigenvalue weighted by Crippen LogP contribution is 2.26. The zero-order chi connectivity index (χ0) is 17.1. The van der Waals surface area contributed by atoms with Crippen molar-refractivity contribution in [2.45, 2.75) is 6.92 Å². The van der Waals surface area contributed by atoms with Gasteiger partial charge in [0, 0.05) is 11.3 Å². The van der Waals surface area contributed by atoms with Gasteiger partial charge in [-0.25, -0.2) is 4.39 Å². The van der Waals surface area contributed by atoms with Gasteiger partial charge in [-0.2, -0.15) is 0 Å². The van der Waals surface area contributed by atoms with Crippen LogP contribution in [0.5, 0.6) is 5.75 Å². The van der Waals surface area contributed by atoms with Crippen molar-refractivity contribution in [3.63, 3.8) is 0 Å². The number of rotatable bonds is 4. The smallest absolute Gasteiger partial charge is 0.261 e. The summed E-state index contributed by atoms with van der Waals surface area (Å²) >= 11 is 0. The quantitative estimate of drug-likeness (QED) is 0.785. The van der Waals surface area contributed by atoms with Crippen molar-refractivity contribution in [1.82, 2.24) is 5.16 Å². The molecular weight excluding hydrogens is 311 g/mol. The Bertz CT molecular complexity index is 855. The fourth-order valence-corrected chi connectivity index (χ4v) is 2.31. The van der Waals surface area contributed by atoms with Gasteiger partial charge in [-0.3, -0.25) is 4.79 Å². The average Bonchev–Trinajstić information content (AvgIpc) is 2.98. The summed E-state index contributed by atoms with van der Waals surface area (Å²) in [7, 11) is 1.57. The summed E-state index contributed by atoms with van der Waals surface area (Å²) in [6.07, 6.45) is 0. The number of nitrogens with one attached hydrogen (secondary N) is 1. The molecule has 0 unspecified atom stereocenters. The summed E-state index contributed by atoms with van der Waals surface area (Å²) in [6.45, 7) is 1.66. The van der Waals surface area contributed by atoms with Gasteiger partial charge in [0.1, 0.15) is 28.6 Å². The van der Waals surface area contributed by atoms with Gasteiger partial charge in [-0.15, -0.1) is 0 Å². The standard InChI is InChI=1S/C18H15FN2O3/c1-11-16(17(21-24-11)12-3-5-13(19)6-4-12)18(22)20-14-7-9-15(23-2)10-8-14/h3-10H,1-2H3,(H,20,22). The van der Waals surface area contributed by atoms with E-state index in [4.69, 9.17) is 9.26 Å². The topological polar surface area (TPSA) is 64.4 Å². The Kier molecular flexibility index (Phi) is 4.29. The SMILES string of the molecule is COc1ccc(NC(=O)c2c(-c3ccc(F)cc3)noc2C)cc1. The lowest BCUT2D eigenvalue weighted by Gasteiger charge is -2.07. The Morgan fingerprint density at radius 1 is 1.12 bits per heavy atom. The largest absolute Gasteiger partial charge is 0.497 e. The van der Waals surface area contributed by atoms with Crippen LogP contribution in [0.1, 0.15) is 16.1 Å². The van der Waals surface area contributed by atoms with Gasteiger partial charge in [0.25, 0.3) is 5.91 Å². The van der Waals surface area contributed by atoms with Gasteiger partial charge in [-0.1, -0.05) is 5.16 Å². The lowest BCUT2D eigenvalue weighted by Crippen LogP contribution is -2.13. The second kappa shape index (κ2) is 6.54. The van der Waals surface area contributed by atoms with E-state index in [-0.39, 0.29) is 11.7 Å². The molecule has 1 aromatic heterocycles. The molecule has 2 aromatic carbocycles. The summed E-state index contributed by atoms with van der Waals surface area (Å²) in [4.78, 5) is 12.6. The first-order valence-corrected chi connectivity index (χ1v) is 7.26. The normalized spacial score (nSPS) is 10.5. The number of nitrogens with zero attached hydrogens (tertiary/aromatic N) is 1. The molecule has 1 amide bonds. The third-order valence-electron chi connectivity index (χ3n) is 3.56. The fraction of sp³-hybridized carbons (Fsp3) is 0.111. The molecule has 0 aliphatic rings. The number of halogens is 1. The van der Waals surface area contributed by atoms with Crippen LogP contribution in [0.15, 0.2) is 53.1 Å². The monoisotopic (exact) mass is 326 g/mol. The predicted octanol–water partition coefficient (Wildman–Crippen LogP) is 4.05. The molecule has 0 bridgehead atoms. The molecule has 24 heavy (non-hydrogen) atoms. The zero-order valence-corrected chi connectivity index (χ0v) is 13.2. The minimum absolute atomic E-state index is 0.317. The van der Waals surface area contributed by atoms with E-state index in [0.29, 0.717) is 34.0 Å². The maximum atomic E-state index is 13.1. The number of amides is 1. The van der Waals surface area contributed by atoms with Crippen LogP contribution in [0.3, 0.4) is 0 Å². The molecule has 122 valence electrons. The Morgan fingerprint density at radius 2 is 1.79 bits per heavy atom. The van der Waals surface area contributed by atoms with Crippen LogP contribution in [0, 0.1) is 12.7 Å². The summed E-state index contributed by atoms with van der Waals surface area (Å²) in [5, 5.41) is 6.72. The van der Waals surface area contributed by atoms with E-state index in [0.717, 1.165) is 0 Å². The minimum atomic E-state index is -0.358. The number of hydrogen-bond donors (Lipinski definition) is 1. The van der Waals surface area contributed by atoms with E-state index in [2.05, 4.69) is 10.5 Å². The van der Waals surface area contributed by atoms with Gasteiger partial charge < -0.3 is 14.6 Å². The molecule has 0 radical (unpaired) electrons. The second-order valence-corrected chi connectivity index (χ2v) is 5.15. The summed E-state index contributed by atoms with van der Waals surface area (Å²) < 4.78 is 23.3. The van der Waals surface area contributed by atoms with E-state index >= 15 is 0 Å². The number of carbonyl (C=O) groups excluding carboxylic acids is 1. The van der Waals surface area contributed by atoms with Crippen molar-refractivity contribution in [1.29, 1.82) is 0 Å². The number of aryl methyl sites for hydroxylation is 1. The molecule has 0 aliphatic heterocycles. The fourth-order valence-electron chi connectivity index (χ4n) is 2.31. The van der Waals surface area contributed by atoms with E-state index < -0.39 is 0 Å². The molecule has 3 aromatic rings. The van der Waals surface area contributed by atoms with Crippen LogP contribution in [-0.4, -0.2) is 18.2 Å². The first kappa shape index (κ1) is 15.7. The molecule has 0 saturated heterocycles. The van der Waals surface area contributed by atoms with Crippen molar-refractivity contribution in [2.75, 3.05) is 12.4 Å². The lowest BCUT2D eigenvalue weighted by molar-refractivity contribution is 0.102. The number of hydrogen-bond acceptors (Lipinski definition) is 4. The highest BCUT2D eigenvalue weighted by atomic mass is 19.1. The Hall–Kier alpha value is -3.15. The summed E-state index contributed by atoms with van der Waals surface area (Å²) in [5.74, 6) is 0.378. The van der Waals surface area contributed by atoms with Gasteiger partial charge in [0.15, 0.2) is 0 Å². The molecule has 0 spiro atoms. The van der Waals surface area contributed by atoms with Gasteiger partial charge >= 0.3 is 0 Å². The molecule has 0 aliphatic carbocycles. The van der Waals surface area contributed by atoms with E-state index in [1.54, 1.807) is 50.4 Å². The Morgan fingerprint density at radius 3 is 2.42 bits per heavy atom. The van der Waals surface area contributed by atoms with Crippen molar-refractivity contribution in [2.24, 2.45) is 0 Å². The number of benzene rings is 2. The minimum Gasteiger partial charge on any atom is -0.497 e. The number of methoxy groups -OCH3 is 1. The highest BCUT2D eigenvalue weighted by Gasteiger charge is 2.21. The van der Waals surface area contributed by atoms with E-state index in [1.165, 1.54) is 12.1 Å². The highest BCUT2D eigenvalue weighted by molar-refractivity contribution is 6.08. The van der Waals surface area contributed by atoms with Crippen molar-refractivity contribution < 1.29 is 18.4 Å². The maximum absolute atomic E-state index is 13.1. The van der Waals surface area contributed by atoms with Gasteiger partial charge in [0.2, 0.25) is 0 Å². The van der Waals surface area contributed by atoms with Gasteiger partial charge in [0.05, 0.1) is 7.11 Å². The average molecular weight is 326 g/mol. The summed E-state index contributed by atoms with van der Waals surface area (Å²) in [6, 6.07) is 12.7. The van der Waals surface area contributed by atoms with Crippen LogP contribution in [0.4, 0.5) is 10.1 Å². The van der Waals surface area contributed by atoms with Gasteiger partial charge in [-0.05, 0) is 55.5 Å². The first-order valence-electron chi connectivity index (χ1n) is 7.26. The molecular formula is C18H15FN2O3. The predicted molar refractivity (Wildman–Crippen MR) is 87.6 cm³/mol. The molecule has 6 heteroatoms. The maximum Gasteiger partial charge on any atom is 0.261 e.